The Bertz CT molecular complexity index is 1470. The zero-order valence-electron chi connectivity index (χ0n) is 21.9. The summed E-state index contributed by atoms with van der Waals surface area (Å²) in [5, 5.41) is 0. The van der Waals surface area contributed by atoms with E-state index in [0.717, 1.165) is 52.2 Å². The summed E-state index contributed by atoms with van der Waals surface area (Å²) >= 11 is 0. The smallest absolute Gasteiger partial charge is 0.223 e. The lowest BCUT2D eigenvalue weighted by Crippen LogP contribution is -2.40. The molecule has 6 rings (SSSR count). The van der Waals surface area contributed by atoms with E-state index in [1.54, 1.807) is 19.1 Å². The summed E-state index contributed by atoms with van der Waals surface area (Å²) in [6.45, 7) is 3.49. The first-order chi connectivity index (χ1) is 19.0. The van der Waals surface area contributed by atoms with E-state index in [4.69, 9.17) is 14.7 Å². The van der Waals surface area contributed by atoms with E-state index >= 15 is 0 Å². The number of benzene rings is 3. The third kappa shape index (κ3) is 5.00. The minimum atomic E-state index is -0.274. The second-order valence-electron chi connectivity index (χ2n) is 10.3. The van der Waals surface area contributed by atoms with Gasteiger partial charge in [0.05, 0.1) is 17.1 Å². The number of fused-ring (bicyclic) bond motifs is 2. The van der Waals surface area contributed by atoms with Gasteiger partial charge in [0.15, 0.2) is 5.82 Å². The molecule has 0 unspecified atom stereocenters. The lowest BCUT2D eigenvalue weighted by Gasteiger charge is -2.33. The molecule has 0 radical (unpaired) electrons. The second-order valence-corrected chi connectivity index (χ2v) is 10.3. The number of rotatable bonds is 5. The van der Waals surface area contributed by atoms with Crippen LogP contribution in [0.1, 0.15) is 47.7 Å². The average Bonchev–Trinajstić information content (AvgIpc) is 3.26. The van der Waals surface area contributed by atoms with Crippen LogP contribution in [0.5, 0.6) is 0 Å². The molecule has 2 aliphatic rings. The number of carbonyl (C=O) groups excluding carboxylic acids is 1. The summed E-state index contributed by atoms with van der Waals surface area (Å²) < 4.78 is 19.4. The molecule has 3 heterocycles. The third-order valence-electron chi connectivity index (χ3n) is 7.76. The highest BCUT2D eigenvalue weighted by molar-refractivity contribution is 6.14. The summed E-state index contributed by atoms with van der Waals surface area (Å²) in [5.74, 6) is 0.348. The molecule has 6 heteroatoms. The van der Waals surface area contributed by atoms with Crippen molar-refractivity contribution in [3.8, 4) is 0 Å². The Hall–Kier alpha value is -4.16. The second kappa shape index (κ2) is 10.5. The number of aliphatic imine (C=N–C) groups is 1. The van der Waals surface area contributed by atoms with Gasteiger partial charge < -0.3 is 9.64 Å². The van der Waals surface area contributed by atoms with Gasteiger partial charge in [-0.1, -0.05) is 72.8 Å². The van der Waals surface area contributed by atoms with Crippen molar-refractivity contribution in [1.29, 1.82) is 0 Å². The lowest BCUT2D eigenvalue weighted by molar-refractivity contribution is -0.116. The number of hydrogen-bond acceptors (Lipinski definition) is 4. The largest absolute Gasteiger partial charge is 0.381 e. The van der Waals surface area contributed by atoms with Crippen molar-refractivity contribution in [3.63, 3.8) is 0 Å². The van der Waals surface area contributed by atoms with E-state index < -0.39 is 0 Å². The van der Waals surface area contributed by atoms with Crippen molar-refractivity contribution < 1.29 is 13.9 Å². The number of carbonyl (C=O) groups is 1. The summed E-state index contributed by atoms with van der Waals surface area (Å²) in [6.07, 6.45) is 2.13. The summed E-state index contributed by atoms with van der Waals surface area (Å²) in [6, 6.07) is 28.8. The molecule has 1 aromatic heterocycles. The molecular formula is C33H30FN3O2. The average molecular weight is 520 g/mol. The minimum absolute atomic E-state index is 0.000314. The van der Waals surface area contributed by atoms with Crippen LogP contribution < -0.4 is 4.90 Å². The molecule has 1 spiro atoms. The van der Waals surface area contributed by atoms with Crippen molar-refractivity contribution in [2.75, 3.05) is 24.7 Å². The van der Waals surface area contributed by atoms with E-state index in [-0.39, 0.29) is 17.1 Å². The van der Waals surface area contributed by atoms with Crippen molar-refractivity contribution in [1.82, 2.24) is 4.98 Å². The summed E-state index contributed by atoms with van der Waals surface area (Å²) in [5.41, 5.74) is 6.16. The number of ether oxygens (including phenoxy) is 1. The zero-order valence-corrected chi connectivity index (χ0v) is 21.9. The molecule has 0 bridgehead atoms. The highest BCUT2D eigenvalue weighted by Crippen LogP contribution is 2.47. The maximum absolute atomic E-state index is 13.7. The SMILES string of the molecule is CC(=O)N1CC2(CCOCC2)c2nc(N=C(c3ccccc3)c3ccccc3)c(Cc3ccc(F)cc3)cc21. The van der Waals surface area contributed by atoms with Gasteiger partial charge in [-0.05, 0) is 36.6 Å². The van der Waals surface area contributed by atoms with Gasteiger partial charge in [0.1, 0.15) is 5.82 Å². The Kier molecular flexibility index (Phi) is 6.79. The number of nitrogens with zero attached hydrogens (tertiary/aromatic N) is 3. The van der Waals surface area contributed by atoms with E-state index in [1.807, 2.05) is 41.3 Å². The van der Waals surface area contributed by atoms with E-state index in [1.165, 1.54) is 12.1 Å². The molecule has 3 aromatic carbocycles. The number of pyridine rings is 1. The predicted octanol–water partition coefficient (Wildman–Crippen LogP) is 6.40. The highest BCUT2D eigenvalue weighted by atomic mass is 19.1. The fourth-order valence-corrected chi connectivity index (χ4v) is 5.67. The lowest BCUT2D eigenvalue weighted by atomic mass is 9.78. The first-order valence-corrected chi connectivity index (χ1v) is 13.4. The van der Waals surface area contributed by atoms with Crippen molar-refractivity contribution in [2.24, 2.45) is 4.99 Å². The predicted molar refractivity (Wildman–Crippen MR) is 151 cm³/mol. The fourth-order valence-electron chi connectivity index (χ4n) is 5.67. The van der Waals surface area contributed by atoms with Gasteiger partial charge in [0.2, 0.25) is 5.91 Å². The van der Waals surface area contributed by atoms with Gasteiger partial charge in [-0.3, -0.25) is 4.79 Å². The van der Waals surface area contributed by atoms with Crippen LogP contribution in [0.4, 0.5) is 15.9 Å². The number of hydrogen-bond donors (Lipinski definition) is 0. The van der Waals surface area contributed by atoms with Crippen LogP contribution in [0.25, 0.3) is 0 Å². The molecule has 4 aromatic rings. The molecule has 0 N–H and O–H groups in total. The molecule has 1 amide bonds. The van der Waals surface area contributed by atoms with Gasteiger partial charge in [0.25, 0.3) is 0 Å². The monoisotopic (exact) mass is 519 g/mol. The first-order valence-electron chi connectivity index (χ1n) is 13.4. The normalized spacial score (nSPS) is 15.7. The number of amides is 1. The van der Waals surface area contributed by atoms with Crippen molar-refractivity contribution >= 4 is 23.1 Å². The Labute approximate surface area is 228 Å². The minimum Gasteiger partial charge on any atom is -0.381 e. The zero-order chi connectivity index (χ0) is 26.8. The van der Waals surface area contributed by atoms with Crippen LogP contribution in [-0.4, -0.2) is 36.4 Å². The number of anilines is 1. The van der Waals surface area contributed by atoms with Gasteiger partial charge in [-0.15, -0.1) is 0 Å². The quantitative estimate of drug-likeness (QED) is 0.287. The first kappa shape index (κ1) is 25.1. The topological polar surface area (TPSA) is 54.8 Å². The molecule has 39 heavy (non-hydrogen) atoms. The standard InChI is InChI=1S/C33H30FN3O2/c1-23(38)37-22-33(16-18-39-19-17-33)31-29(37)21-27(20-24-12-14-28(34)15-13-24)32(36-31)35-30(25-8-4-2-5-9-25)26-10-6-3-7-11-26/h2-15,21H,16-20,22H2,1H3. The molecule has 2 aliphatic heterocycles. The molecule has 0 atom stereocenters. The number of halogens is 1. The van der Waals surface area contributed by atoms with Crippen LogP contribution in [0.15, 0.2) is 96.0 Å². The molecule has 0 aliphatic carbocycles. The highest BCUT2D eigenvalue weighted by Gasteiger charge is 2.47. The van der Waals surface area contributed by atoms with Gasteiger partial charge in [-0.25, -0.2) is 14.4 Å². The fraction of sp³-hybridized carbons (Fsp3) is 0.242. The Morgan fingerprint density at radius 1 is 0.949 bits per heavy atom. The van der Waals surface area contributed by atoms with Crippen LogP contribution in [0.2, 0.25) is 0 Å². The Balaban J connectivity index is 1.57. The van der Waals surface area contributed by atoms with Crippen LogP contribution in [0.3, 0.4) is 0 Å². The molecule has 1 fully saturated rings. The molecule has 5 nitrogen and oxygen atoms in total. The summed E-state index contributed by atoms with van der Waals surface area (Å²) in [4.78, 5) is 25.1. The van der Waals surface area contributed by atoms with Gasteiger partial charge in [0, 0.05) is 55.2 Å². The van der Waals surface area contributed by atoms with Crippen LogP contribution >= 0.6 is 0 Å². The van der Waals surface area contributed by atoms with E-state index in [9.17, 15) is 9.18 Å². The van der Waals surface area contributed by atoms with Crippen molar-refractivity contribution in [3.05, 3.63) is 125 Å². The van der Waals surface area contributed by atoms with Crippen LogP contribution in [-0.2, 0) is 21.4 Å². The van der Waals surface area contributed by atoms with E-state index in [2.05, 4.69) is 30.3 Å². The maximum Gasteiger partial charge on any atom is 0.223 e. The third-order valence-corrected chi connectivity index (χ3v) is 7.76. The Morgan fingerprint density at radius 3 is 2.15 bits per heavy atom. The van der Waals surface area contributed by atoms with Gasteiger partial charge >= 0.3 is 0 Å². The van der Waals surface area contributed by atoms with Crippen LogP contribution in [0, 0.1) is 5.82 Å². The van der Waals surface area contributed by atoms with Gasteiger partial charge in [-0.2, -0.15) is 0 Å². The molecule has 0 saturated carbocycles. The molecular weight excluding hydrogens is 489 g/mol. The Morgan fingerprint density at radius 2 is 1.56 bits per heavy atom. The summed E-state index contributed by atoms with van der Waals surface area (Å²) in [7, 11) is 0. The maximum atomic E-state index is 13.7. The number of aromatic nitrogens is 1. The molecule has 196 valence electrons. The van der Waals surface area contributed by atoms with Crippen molar-refractivity contribution in [2.45, 2.75) is 31.6 Å². The molecule has 1 saturated heterocycles. The van der Waals surface area contributed by atoms with E-state index in [0.29, 0.717) is 32.0 Å².